The standard InChI is InChI=1S/C17H21FN4O/c1-13-6-8-21(11-16(13)22-9-7-19-12-22)17(23)20-10-14-2-4-15(18)5-3-14/h2-5,7,9,12-13,16H,6,8,10-11H2,1H3,(H,20,23). The van der Waals surface area contributed by atoms with Crippen molar-refractivity contribution in [1.29, 1.82) is 0 Å². The van der Waals surface area contributed by atoms with Gasteiger partial charge in [0, 0.05) is 32.0 Å². The van der Waals surface area contributed by atoms with Crippen LogP contribution >= 0.6 is 0 Å². The number of halogens is 1. The molecule has 1 saturated heterocycles. The Hall–Kier alpha value is -2.37. The molecule has 0 bridgehead atoms. The van der Waals surface area contributed by atoms with Gasteiger partial charge in [-0.25, -0.2) is 14.2 Å². The predicted molar refractivity (Wildman–Crippen MR) is 85.3 cm³/mol. The number of likely N-dealkylation sites (tertiary alicyclic amines) is 1. The summed E-state index contributed by atoms with van der Waals surface area (Å²) in [7, 11) is 0. The zero-order valence-corrected chi connectivity index (χ0v) is 13.2. The number of carbonyl (C=O) groups excluding carboxylic acids is 1. The van der Waals surface area contributed by atoms with Gasteiger partial charge in [0.1, 0.15) is 5.82 Å². The van der Waals surface area contributed by atoms with E-state index in [1.807, 2.05) is 11.1 Å². The van der Waals surface area contributed by atoms with E-state index < -0.39 is 0 Å². The number of carbonyl (C=O) groups is 1. The summed E-state index contributed by atoms with van der Waals surface area (Å²) in [6.07, 6.45) is 6.48. The van der Waals surface area contributed by atoms with E-state index in [2.05, 4.69) is 21.8 Å². The van der Waals surface area contributed by atoms with Crippen molar-refractivity contribution in [3.63, 3.8) is 0 Å². The van der Waals surface area contributed by atoms with Gasteiger partial charge in [0.05, 0.1) is 12.4 Å². The molecule has 0 radical (unpaired) electrons. The van der Waals surface area contributed by atoms with Gasteiger partial charge in [0.2, 0.25) is 0 Å². The molecule has 0 saturated carbocycles. The normalized spacial score (nSPS) is 21.2. The summed E-state index contributed by atoms with van der Waals surface area (Å²) in [6.45, 7) is 4.04. The molecule has 1 aromatic carbocycles. The van der Waals surface area contributed by atoms with E-state index in [0.717, 1.165) is 18.5 Å². The first-order chi connectivity index (χ1) is 11.1. The smallest absolute Gasteiger partial charge is 0.317 e. The van der Waals surface area contributed by atoms with Crippen molar-refractivity contribution in [2.45, 2.75) is 25.9 Å². The summed E-state index contributed by atoms with van der Waals surface area (Å²) < 4.78 is 15.0. The van der Waals surface area contributed by atoms with Crippen molar-refractivity contribution in [2.75, 3.05) is 13.1 Å². The molecular formula is C17H21FN4O. The fourth-order valence-corrected chi connectivity index (χ4v) is 2.98. The van der Waals surface area contributed by atoms with Crippen LogP contribution in [-0.2, 0) is 6.54 Å². The molecule has 2 unspecified atom stereocenters. The van der Waals surface area contributed by atoms with Crippen LogP contribution in [0.5, 0.6) is 0 Å². The second-order valence-corrected chi connectivity index (χ2v) is 6.07. The van der Waals surface area contributed by atoms with Gasteiger partial charge < -0.3 is 14.8 Å². The number of hydrogen-bond acceptors (Lipinski definition) is 2. The van der Waals surface area contributed by atoms with Gasteiger partial charge in [-0.15, -0.1) is 0 Å². The SMILES string of the molecule is CC1CCN(C(=O)NCc2ccc(F)cc2)CC1n1ccnc1. The summed E-state index contributed by atoms with van der Waals surface area (Å²) >= 11 is 0. The second-order valence-electron chi connectivity index (χ2n) is 6.07. The molecule has 5 nitrogen and oxygen atoms in total. The Morgan fingerprint density at radius 3 is 2.87 bits per heavy atom. The van der Waals surface area contributed by atoms with Crippen molar-refractivity contribution in [2.24, 2.45) is 5.92 Å². The van der Waals surface area contributed by atoms with Crippen LogP contribution in [0.3, 0.4) is 0 Å². The van der Waals surface area contributed by atoms with Gasteiger partial charge in [-0.05, 0) is 30.0 Å². The van der Waals surface area contributed by atoms with Crippen LogP contribution in [-0.4, -0.2) is 33.6 Å². The summed E-state index contributed by atoms with van der Waals surface area (Å²) in [5.41, 5.74) is 0.885. The van der Waals surface area contributed by atoms with Crippen molar-refractivity contribution < 1.29 is 9.18 Å². The molecule has 1 N–H and O–H groups in total. The monoisotopic (exact) mass is 316 g/mol. The molecule has 6 heteroatoms. The lowest BCUT2D eigenvalue weighted by atomic mass is 9.93. The van der Waals surface area contributed by atoms with Crippen molar-refractivity contribution in [3.05, 3.63) is 54.4 Å². The van der Waals surface area contributed by atoms with Gasteiger partial charge in [0.25, 0.3) is 0 Å². The molecular weight excluding hydrogens is 295 g/mol. The molecule has 1 fully saturated rings. The Bertz CT molecular complexity index is 641. The van der Waals surface area contributed by atoms with Crippen LogP contribution in [0.25, 0.3) is 0 Å². The zero-order chi connectivity index (χ0) is 16.2. The van der Waals surface area contributed by atoms with E-state index in [0.29, 0.717) is 19.0 Å². The highest BCUT2D eigenvalue weighted by Crippen LogP contribution is 2.27. The molecule has 0 spiro atoms. The highest BCUT2D eigenvalue weighted by atomic mass is 19.1. The Kier molecular flexibility index (Phi) is 4.60. The molecule has 2 aromatic rings. The number of hydrogen-bond donors (Lipinski definition) is 1. The van der Waals surface area contributed by atoms with Gasteiger partial charge in [-0.3, -0.25) is 0 Å². The zero-order valence-electron chi connectivity index (χ0n) is 13.2. The van der Waals surface area contributed by atoms with Gasteiger partial charge in [0.15, 0.2) is 0 Å². The first-order valence-corrected chi connectivity index (χ1v) is 7.88. The Morgan fingerprint density at radius 2 is 2.17 bits per heavy atom. The van der Waals surface area contributed by atoms with Crippen LogP contribution < -0.4 is 5.32 Å². The van der Waals surface area contributed by atoms with Crippen LogP contribution in [0.2, 0.25) is 0 Å². The van der Waals surface area contributed by atoms with Crippen molar-refractivity contribution in [1.82, 2.24) is 19.8 Å². The van der Waals surface area contributed by atoms with E-state index in [-0.39, 0.29) is 17.9 Å². The van der Waals surface area contributed by atoms with Crippen molar-refractivity contribution >= 4 is 6.03 Å². The first kappa shape index (κ1) is 15.5. The highest BCUT2D eigenvalue weighted by Gasteiger charge is 2.29. The summed E-state index contributed by atoms with van der Waals surface area (Å²) in [6, 6.07) is 6.34. The molecule has 1 aliphatic rings. The highest BCUT2D eigenvalue weighted by molar-refractivity contribution is 5.74. The minimum Gasteiger partial charge on any atom is -0.334 e. The van der Waals surface area contributed by atoms with Crippen LogP contribution in [0.15, 0.2) is 43.0 Å². The molecule has 23 heavy (non-hydrogen) atoms. The fraction of sp³-hybridized carbons (Fsp3) is 0.412. The number of benzene rings is 1. The lowest BCUT2D eigenvalue weighted by Gasteiger charge is -2.37. The maximum atomic E-state index is 12.9. The number of imidazole rings is 1. The fourth-order valence-electron chi connectivity index (χ4n) is 2.98. The predicted octanol–water partition coefficient (Wildman–Crippen LogP) is 2.81. The Labute approximate surface area is 135 Å². The largest absolute Gasteiger partial charge is 0.334 e. The first-order valence-electron chi connectivity index (χ1n) is 7.88. The maximum absolute atomic E-state index is 12.9. The molecule has 122 valence electrons. The van der Waals surface area contributed by atoms with Crippen LogP contribution in [0.4, 0.5) is 9.18 Å². The Balaban J connectivity index is 1.58. The third-order valence-electron chi connectivity index (χ3n) is 4.47. The molecule has 1 aliphatic heterocycles. The molecule has 0 aliphatic carbocycles. The number of piperidine rings is 1. The van der Waals surface area contributed by atoms with Crippen LogP contribution in [0, 0.1) is 11.7 Å². The average Bonchev–Trinajstić information content (AvgIpc) is 3.09. The van der Waals surface area contributed by atoms with E-state index in [4.69, 9.17) is 0 Å². The van der Waals surface area contributed by atoms with Gasteiger partial charge >= 0.3 is 6.03 Å². The molecule has 1 aromatic heterocycles. The molecule has 2 atom stereocenters. The topological polar surface area (TPSA) is 50.2 Å². The van der Waals surface area contributed by atoms with E-state index in [9.17, 15) is 9.18 Å². The van der Waals surface area contributed by atoms with E-state index >= 15 is 0 Å². The minimum atomic E-state index is -0.270. The third kappa shape index (κ3) is 3.70. The molecule has 2 heterocycles. The van der Waals surface area contributed by atoms with Crippen LogP contribution in [0.1, 0.15) is 24.9 Å². The Morgan fingerprint density at radius 1 is 1.39 bits per heavy atom. The quantitative estimate of drug-likeness (QED) is 0.946. The summed E-state index contributed by atoms with van der Waals surface area (Å²) in [5, 5.41) is 2.91. The third-order valence-corrected chi connectivity index (χ3v) is 4.47. The lowest BCUT2D eigenvalue weighted by Crippen LogP contribution is -2.47. The molecule has 2 amide bonds. The summed E-state index contributed by atoms with van der Waals surface area (Å²) in [4.78, 5) is 18.3. The number of nitrogens with one attached hydrogen (secondary N) is 1. The number of rotatable bonds is 3. The number of amides is 2. The van der Waals surface area contributed by atoms with Crippen molar-refractivity contribution in [3.8, 4) is 0 Å². The molecule has 3 rings (SSSR count). The number of urea groups is 1. The van der Waals surface area contributed by atoms with Gasteiger partial charge in [-0.2, -0.15) is 0 Å². The summed E-state index contributed by atoms with van der Waals surface area (Å²) in [5.74, 6) is 0.235. The lowest BCUT2D eigenvalue weighted by molar-refractivity contribution is 0.140. The second kappa shape index (κ2) is 6.81. The van der Waals surface area contributed by atoms with E-state index in [1.165, 1.54) is 12.1 Å². The maximum Gasteiger partial charge on any atom is 0.317 e. The number of nitrogens with zero attached hydrogens (tertiary/aromatic N) is 3. The number of aromatic nitrogens is 2. The van der Waals surface area contributed by atoms with Gasteiger partial charge in [-0.1, -0.05) is 19.1 Å². The minimum absolute atomic E-state index is 0.0775. The van der Waals surface area contributed by atoms with E-state index in [1.54, 1.807) is 24.7 Å². The average molecular weight is 316 g/mol.